The molecular weight excluding hydrogens is 613 g/mol. The molecule has 1 aliphatic heterocycles. The first kappa shape index (κ1) is 33.2. The van der Waals surface area contributed by atoms with E-state index in [1.165, 1.54) is 54.4 Å². The number of urea groups is 1. The largest absolute Gasteiger partial charge is 0.416 e. The predicted octanol–water partition coefficient (Wildman–Crippen LogP) is 7.27. The van der Waals surface area contributed by atoms with E-state index in [0.29, 0.717) is 23.3 Å². The zero-order valence-corrected chi connectivity index (χ0v) is 23.9. The Bertz CT molecular complexity index is 1560. The summed E-state index contributed by atoms with van der Waals surface area (Å²) in [7, 11) is 1.24. The summed E-state index contributed by atoms with van der Waals surface area (Å²) in [6.45, 7) is 1.08. The number of piperidine rings is 1. The van der Waals surface area contributed by atoms with Crippen molar-refractivity contribution >= 4 is 17.6 Å². The second kappa shape index (κ2) is 12.7. The Morgan fingerprint density at radius 3 is 2.11 bits per heavy atom. The molecular formula is C30H27F7N4O4. The molecule has 1 saturated heterocycles. The van der Waals surface area contributed by atoms with Gasteiger partial charge in [-0.15, -0.1) is 0 Å². The highest BCUT2D eigenvalue weighted by Gasteiger charge is 2.38. The van der Waals surface area contributed by atoms with Gasteiger partial charge in [0.1, 0.15) is 5.82 Å². The number of nitro benzene ring substituents is 1. The molecule has 240 valence electrons. The van der Waals surface area contributed by atoms with Gasteiger partial charge in [0.15, 0.2) is 0 Å². The van der Waals surface area contributed by atoms with Crippen LogP contribution in [0.2, 0.25) is 0 Å². The molecule has 0 radical (unpaired) electrons. The summed E-state index contributed by atoms with van der Waals surface area (Å²) in [5.74, 6) is -1.05. The number of nitrogens with zero attached hydrogens (tertiary/aromatic N) is 3. The van der Waals surface area contributed by atoms with Crippen LogP contribution in [0, 0.1) is 22.9 Å². The lowest BCUT2D eigenvalue weighted by Crippen LogP contribution is -2.51. The Morgan fingerprint density at radius 2 is 1.58 bits per heavy atom. The number of halogens is 7. The summed E-state index contributed by atoms with van der Waals surface area (Å²) in [5, 5.41) is 13.8. The maximum absolute atomic E-state index is 13.9. The van der Waals surface area contributed by atoms with Gasteiger partial charge in [0.2, 0.25) is 0 Å². The zero-order chi connectivity index (χ0) is 33.3. The zero-order valence-electron chi connectivity index (χ0n) is 23.9. The number of carbonyl (C=O) groups excluding carboxylic acids is 2. The highest BCUT2D eigenvalue weighted by Crippen LogP contribution is 2.38. The summed E-state index contributed by atoms with van der Waals surface area (Å²) < 4.78 is 94.2. The minimum absolute atomic E-state index is 0.00835. The number of likely N-dealkylation sites (tertiary alicyclic amines) is 1. The highest BCUT2D eigenvalue weighted by molar-refractivity contribution is 5.94. The minimum atomic E-state index is -5.05. The van der Waals surface area contributed by atoms with E-state index in [9.17, 15) is 50.4 Å². The average Bonchev–Trinajstić information content (AvgIpc) is 2.95. The number of carbonyl (C=O) groups is 2. The molecule has 1 fully saturated rings. The Morgan fingerprint density at radius 1 is 0.978 bits per heavy atom. The molecule has 0 aliphatic carbocycles. The summed E-state index contributed by atoms with van der Waals surface area (Å²) in [4.78, 5) is 39.2. The molecule has 1 aliphatic rings. The van der Waals surface area contributed by atoms with Gasteiger partial charge in [-0.3, -0.25) is 14.9 Å². The molecule has 0 unspecified atom stereocenters. The topological polar surface area (TPSA) is 95.8 Å². The van der Waals surface area contributed by atoms with Crippen LogP contribution in [0.4, 0.5) is 41.2 Å². The summed E-state index contributed by atoms with van der Waals surface area (Å²) in [6, 6.07) is 8.03. The van der Waals surface area contributed by atoms with Crippen LogP contribution in [0.5, 0.6) is 0 Å². The highest BCUT2D eigenvalue weighted by atomic mass is 19.4. The first-order chi connectivity index (χ1) is 20.9. The molecule has 0 spiro atoms. The lowest BCUT2D eigenvalue weighted by Gasteiger charge is -2.42. The molecule has 8 nitrogen and oxygen atoms in total. The minimum Gasteiger partial charge on any atom is -0.349 e. The van der Waals surface area contributed by atoms with Gasteiger partial charge in [0, 0.05) is 43.9 Å². The van der Waals surface area contributed by atoms with E-state index in [1.54, 1.807) is 6.92 Å². The Labute approximate surface area is 252 Å². The van der Waals surface area contributed by atoms with Crippen molar-refractivity contribution in [2.75, 3.05) is 13.6 Å². The SMILES string of the molecule is Cc1cc(F)ccc1[C@@H]1C[C@H](NC(=O)c2ccc([N+](=O)[O-])cc2)CCN1C(=O)N(C)Cc1cc(C(F)(F)F)cc(C(F)(F)F)c1. The van der Waals surface area contributed by atoms with E-state index in [-0.39, 0.29) is 42.3 Å². The molecule has 2 atom stereocenters. The van der Waals surface area contributed by atoms with E-state index >= 15 is 0 Å². The van der Waals surface area contributed by atoms with Crippen molar-refractivity contribution < 1.29 is 45.2 Å². The normalized spacial score (nSPS) is 17.1. The number of amides is 3. The number of hydrogen-bond donors (Lipinski definition) is 1. The number of benzene rings is 3. The van der Waals surface area contributed by atoms with Crippen molar-refractivity contribution in [3.8, 4) is 0 Å². The predicted molar refractivity (Wildman–Crippen MR) is 147 cm³/mol. The molecule has 3 amide bonds. The number of alkyl halides is 6. The van der Waals surface area contributed by atoms with Crippen LogP contribution in [0.1, 0.15) is 57.1 Å². The number of nitro groups is 1. The van der Waals surface area contributed by atoms with Gasteiger partial charge >= 0.3 is 18.4 Å². The molecule has 1 N–H and O–H groups in total. The van der Waals surface area contributed by atoms with Crippen LogP contribution in [0.15, 0.2) is 60.7 Å². The lowest BCUT2D eigenvalue weighted by molar-refractivity contribution is -0.384. The molecule has 3 aromatic rings. The van der Waals surface area contributed by atoms with Crippen molar-refractivity contribution in [2.24, 2.45) is 0 Å². The molecule has 3 aromatic carbocycles. The van der Waals surface area contributed by atoms with E-state index < -0.39 is 64.8 Å². The summed E-state index contributed by atoms with van der Waals surface area (Å²) in [5.41, 5.74) is -2.41. The van der Waals surface area contributed by atoms with Crippen LogP contribution in [-0.4, -0.2) is 46.3 Å². The van der Waals surface area contributed by atoms with Crippen molar-refractivity contribution in [3.05, 3.63) is 110 Å². The summed E-state index contributed by atoms with van der Waals surface area (Å²) in [6.07, 6.45) is -9.72. The van der Waals surface area contributed by atoms with Gasteiger partial charge in [-0.2, -0.15) is 26.3 Å². The molecule has 4 rings (SSSR count). The van der Waals surface area contributed by atoms with E-state index in [0.717, 1.165) is 4.90 Å². The van der Waals surface area contributed by atoms with Gasteiger partial charge in [-0.05, 0) is 78.9 Å². The third-order valence-electron chi connectivity index (χ3n) is 7.51. The van der Waals surface area contributed by atoms with Crippen LogP contribution in [0.25, 0.3) is 0 Å². The number of non-ortho nitro benzene ring substituents is 1. The third-order valence-corrected chi connectivity index (χ3v) is 7.51. The van der Waals surface area contributed by atoms with Crippen LogP contribution in [-0.2, 0) is 18.9 Å². The Balaban J connectivity index is 1.58. The monoisotopic (exact) mass is 640 g/mol. The third kappa shape index (κ3) is 7.88. The summed E-state index contributed by atoms with van der Waals surface area (Å²) >= 11 is 0. The second-order valence-corrected chi connectivity index (χ2v) is 10.8. The van der Waals surface area contributed by atoms with Crippen molar-refractivity contribution in [3.63, 3.8) is 0 Å². The van der Waals surface area contributed by atoms with E-state index in [2.05, 4.69) is 5.32 Å². The number of nitrogens with one attached hydrogen (secondary N) is 1. The quantitative estimate of drug-likeness (QED) is 0.174. The second-order valence-electron chi connectivity index (χ2n) is 10.8. The van der Waals surface area contributed by atoms with Crippen molar-refractivity contribution in [1.82, 2.24) is 15.1 Å². The van der Waals surface area contributed by atoms with Gasteiger partial charge < -0.3 is 15.1 Å². The van der Waals surface area contributed by atoms with Crippen molar-refractivity contribution in [2.45, 2.75) is 50.7 Å². The van der Waals surface area contributed by atoms with Crippen LogP contribution in [0.3, 0.4) is 0 Å². The fraction of sp³-hybridized carbons (Fsp3) is 0.333. The molecule has 0 bridgehead atoms. The maximum Gasteiger partial charge on any atom is 0.416 e. The van der Waals surface area contributed by atoms with Crippen LogP contribution < -0.4 is 5.32 Å². The average molecular weight is 641 g/mol. The number of aryl methyl sites for hydroxylation is 1. The molecule has 0 saturated carbocycles. The van der Waals surface area contributed by atoms with Gasteiger partial charge in [-0.1, -0.05) is 6.07 Å². The Hall–Kier alpha value is -4.69. The van der Waals surface area contributed by atoms with E-state index in [4.69, 9.17) is 0 Å². The lowest BCUT2D eigenvalue weighted by atomic mass is 9.89. The van der Waals surface area contributed by atoms with E-state index in [1.807, 2.05) is 0 Å². The smallest absolute Gasteiger partial charge is 0.349 e. The Kier molecular flexibility index (Phi) is 9.40. The number of rotatable bonds is 6. The molecule has 15 heteroatoms. The van der Waals surface area contributed by atoms with Gasteiger partial charge in [-0.25, -0.2) is 9.18 Å². The fourth-order valence-corrected chi connectivity index (χ4v) is 5.31. The first-order valence-corrected chi connectivity index (χ1v) is 13.6. The van der Waals surface area contributed by atoms with Gasteiger partial charge in [0.25, 0.3) is 11.6 Å². The molecule has 1 heterocycles. The molecule has 0 aromatic heterocycles. The standard InChI is InChI=1S/C30H27F7N4O4/c1-17-11-22(31)5-8-25(17)26-15-23(38-27(42)19-3-6-24(7-4-19)41(44)45)9-10-40(26)28(43)39(2)16-18-12-20(29(32,33)34)14-21(13-18)30(35,36)37/h3-8,11-14,23,26H,9-10,15-16H2,1-2H3,(H,38,42)/t23-,26+/m1/s1. The fourth-order valence-electron chi connectivity index (χ4n) is 5.31. The molecule has 45 heavy (non-hydrogen) atoms. The number of hydrogen-bond acceptors (Lipinski definition) is 4. The van der Waals surface area contributed by atoms with Gasteiger partial charge in [0.05, 0.1) is 22.1 Å². The van der Waals surface area contributed by atoms with Crippen LogP contribution >= 0.6 is 0 Å². The maximum atomic E-state index is 13.9. The first-order valence-electron chi connectivity index (χ1n) is 13.6. The van der Waals surface area contributed by atoms with Crippen molar-refractivity contribution in [1.29, 1.82) is 0 Å².